The minimum absolute atomic E-state index is 0.189. The Bertz CT molecular complexity index is 733. The molecule has 0 aliphatic carbocycles. The van der Waals surface area contributed by atoms with E-state index < -0.39 is 6.10 Å². The number of nitrogens with one attached hydrogen (secondary N) is 1. The van der Waals surface area contributed by atoms with Gasteiger partial charge in [0.05, 0.1) is 11.7 Å². The molecule has 1 amide bonds. The van der Waals surface area contributed by atoms with Gasteiger partial charge in [0, 0.05) is 30.3 Å². The molecule has 1 aliphatic heterocycles. The van der Waals surface area contributed by atoms with Crippen molar-refractivity contribution in [1.29, 1.82) is 0 Å². The van der Waals surface area contributed by atoms with E-state index in [1.54, 1.807) is 6.07 Å². The molecule has 120 valence electrons. The lowest BCUT2D eigenvalue weighted by molar-refractivity contribution is 0.0915. The van der Waals surface area contributed by atoms with Gasteiger partial charge in [-0.25, -0.2) is 0 Å². The first-order valence-electron chi connectivity index (χ1n) is 7.61. The standard InChI is InChI=1S/C18H19BrN2O2/c1-21-9-8-12-10-13(6-7-16(12)21)17(22)11-20-18(23)14-4-2-3-5-15(14)19/h2-7,10,17,22H,8-9,11H2,1H3,(H,20,23)/t17-/m1/s1. The minimum Gasteiger partial charge on any atom is -0.387 e. The van der Waals surface area contributed by atoms with E-state index in [9.17, 15) is 9.90 Å². The summed E-state index contributed by atoms with van der Waals surface area (Å²) in [6.07, 6.45) is 0.285. The Morgan fingerprint density at radius 3 is 2.91 bits per heavy atom. The maximum Gasteiger partial charge on any atom is 0.252 e. The van der Waals surface area contributed by atoms with Gasteiger partial charge in [0.2, 0.25) is 0 Å². The first kappa shape index (κ1) is 16.0. The summed E-state index contributed by atoms with van der Waals surface area (Å²) in [5, 5.41) is 13.1. The van der Waals surface area contributed by atoms with Crippen molar-refractivity contribution in [3.05, 3.63) is 63.6 Å². The number of halogens is 1. The molecule has 23 heavy (non-hydrogen) atoms. The second kappa shape index (κ2) is 6.72. The molecule has 4 nitrogen and oxygen atoms in total. The molecule has 2 aromatic rings. The van der Waals surface area contributed by atoms with E-state index in [-0.39, 0.29) is 12.5 Å². The number of anilines is 1. The SMILES string of the molecule is CN1CCc2cc([C@H](O)CNC(=O)c3ccccc3Br)ccc21. The van der Waals surface area contributed by atoms with Gasteiger partial charge in [-0.05, 0) is 51.7 Å². The Kier molecular flexibility index (Phi) is 4.68. The number of hydrogen-bond acceptors (Lipinski definition) is 3. The Labute approximate surface area is 144 Å². The molecular formula is C18H19BrN2O2. The van der Waals surface area contributed by atoms with Crippen molar-refractivity contribution in [1.82, 2.24) is 5.32 Å². The lowest BCUT2D eigenvalue weighted by Gasteiger charge is -2.16. The van der Waals surface area contributed by atoms with E-state index in [2.05, 4.69) is 33.2 Å². The highest BCUT2D eigenvalue weighted by Crippen LogP contribution is 2.29. The largest absolute Gasteiger partial charge is 0.387 e. The molecule has 2 aromatic carbocycles. The highest BCUT2D eigenvalue weighted by molar-refractivity contribution is 9.10. The number of amides is 1. The molecule has 0 aromatic heterocycles. The van der Waals surface area contributed by atoms with Crippen LogP contribution in [0.1, 0.15) is 27.6 Å². The number of likely N-dealkylation sites (N-methyl/N-ethyl adjacent to an activating group) is 1. The zero-order chi connectivity index (χ0) is 16.4. The summed E-state index contributed by atoms with van der Waals surface area (Å²) in [5.74, 6) is -0.197. The van der Waals surface area contributed by atoms with Gasteiger partial charge >= 0.3 is 0 Å². The molecule has 0 unspecified atom stereocenters. The summed E-state index contributed by atoms with van der Waals surface area (Å²) in [7, 11) is 2.07. The Hall–Kier alpha value is -1.85. The van der Waals surface area contributed by atoms with Crippen molar-refractivity contribution in [3.8, 4) is 0 Å². The number of rotatable bonds is 4. The minimum atomic E-state index is -0.711. The van der Waals surface area contributed by atoms with Crippen LogP contribution in [0.5, 0.6) is 0 Å². The summed E-state index contributed by atoms with van der Waals surface area (Å²) in [5.41, 5.74) is 3.88. The first-order chi connectivity index (χ1) is 11.1. The number of fused-ring (bicyclic) bond motifs is 1. The number of benzene rings is 2. The number of carbonyl (C=O) groups is 1. The van der Waals surface area contributed by atoms with Gasteiger partial charge in [0.25, 0.3) is 5.91 Å². The third-order valence-electron chi connectivity index (χ3n) is 4.19. The van der Waals surface area contributed by atoms with Crippen molar-refractivity contribution >= 4 is 27.5 Å². The quantitative estimate of drug-likeness (QED) is 0.864. The van der Waals surface area contributed by atoms with Gasteiger partial charge in [-0.15, -0.1) is 0 Å². The highest BCUT2D eigenvalue weighted by Gasteiger charge is 2.18. The molecule has 0 saturated carbocycles. The maximum atomic E-state index is 12.2. The van der Waals surface area contributed by atoms with E-state index in [4.69, 9.17) is 0 Å². The molecule has 3 rings (SSSR count). The summed E-state index contributed by atoms with van der Waals surface area (Å²) < 4.78 is 0.743. The number of nitrogens with zero attached hydrogens (tertiary/aromatic N) is 1. The van der Waals surface area contributed by atoms with Crippen molar-refractivity contribution in [3.63, 3.8) is 0 Å². The first-order valence-corrected chi connectivity index (χ1v) is 8.40. The lowest BCUT2D eigenvalue weighted by atomic mass is 10.0. The fourth-order valence-corrected chi connectivity index (χ4v) is 3.31. The van der Waals surface area contributed by atoms with Crippen LogP contribution in [0.4, 0.5) is 5.69 Å². The average molecular weight is 375 g/mol. The Morgan fingerprint density at radius 2 is 2.13 bits per heavy atom. The van der Waals surface area contributed by atoms with Crippen molar-refractivity contribution in [2.45, 2.75) is 12.5 Å². The predicted octanol–water partition coefficient (Wildman–Crippen LogP) is 2.90. The fraction of sp³-hybridized carbons (Fsp3) is 0.278. The average Bonchev–Trinajstić information content (AvgIpc) is 2.93. The maximum absolute atomic E-state index is 12.2. The van der Waals surface area contributed by atoms with Crippen LogP contribution in [0.2, 0.25) is 0 Å². The van der Waals surface area contributed by atoms with Crippen LogP contribution in [0.25, 0.3) is 0 Å². The van der Waals surface area contributed by atoms with Crippen LogP contribution in [0, 0.1) is 0 Å². The molecule has 0 saturated heterocycles. The molecule has 2 N–H and O–H groups in total. The zero-order valence-electron chi connectivity index (χ0n) is 12.9. The smallest absolute Gasteiger partial charge is 0.252 e. The van der Waals surface area contributed by atoms with Crippen LogP contribution in [-0.4, -0.2) is 31.2 Å². The molecule has 5 heteroatoms. The molecular weight excluding hydrogens is 356 g/mol. The predicted molar refractivity (Wildman–Crippen MR) is 94.9 cm³/mol. The Balaban J connectivity index is 1.65. The number of aliphatic hydroxyl groups is 1. The van der Waals surface area contributed by atoms with Gasteiger partial charge in [0.1, 0.15) is 0 Å². The van der Waals surface area contributed by atoms with Crippen molar-refractivity contribution in [2.75, 3.05) is 25.0 Å². The normalized spacial score (nSPS) is 14.5. The summed E-state index contributed by atoms with van der Waals surface area (Å²) >= 11 is 3.36. The van der Waals surface area contributed by atoms with Gasteiger partial charge in [-0.2, -0.15) is 0 Å². The van der Waals surface area contributed by atoms with E-state index >= 15 is 0 Å². The number of hydrogen-bond donors (Lipinski definition) is 2. The van der Waals surface area contributed by atoms with Gasteiger partial charge < -0.3 is 15.3 Å². The van der Waals surface area contributed by atoms with Crippen LogP contribution in [0.3, 0.4) is 0 Å². The highest BCUT2D eigenvalue weighted by atomic mass is 79.9. The summed E-state index contributed by atoms with van der Waals surface area (Å²) in [6, 6.07) is 13.2. The van der Waals surface area contributed by atoms with Gasteiger partial charge in [0.15, 0.2) is 0 Å². The van der Waals surface area contributed by atoms with E-state index in [1.807, 2.05) is 36.4 Å². The topological polar surface area (TPSA) is 52.6 Å². The van der Waals surface area contributed by atoms with Crippen LogP contribution in [-0.2, 0) is 6.42 Å². The molecule has 1 aliphatic rings. The van der Waals surface area contributed by atoms with E-state index in [0.29, 0.717) is 5.56 Å². The van der Waals surface area contributed by atoms with Gasteiger partial charge in [-0.1, -0.05) is 24.3 Å². The molecule has 1 atom stereocenters. The molecule has 0 radical (unpaired) electrons. The number of aliphatic hydroxyl groups excluding tert-OH is 1. The van der Waals surface area contributed by atoms with E-state index in [1.165, 1.54) is 11.3 Å². The molecule has 0 bridgehead atoms. The van der Waals surface area contributed by atoms with Crippen molar-refractivity contribution < 1.29 is 9.90 Å². The van der Waals surface area contributed by atoms with Crippen LogP contribution < -0.4 is 10.2 Å². The Morgan fingerprint density at radius 1 is 1.35 bits per heavy atom. The molecule has 1 heterocycles. The lowest BCUT2D eigenvalue weighted by Crippen LogP contribution is -2.28. The monoisotopic (exact) mass is 374 g/mol. The number of carbonyl (C=O) groups excluding carboxylic acids is 1. The van der Waals surface area contributed by atoms with E-state index in [0.717, 1.165) is 23.0 Å². The summed E-state index contributed by atoms with van der Waals surface area (Å²) in [6.45, 7) is 1.20. The van der Waals surface area contributed by atoms with Crippen LogP contribution >= 0.6 is 15.9 Å². The van der Waals surface area contributed by atoms with Crippen molar-refractivity contribution in [2.24, 2.45) is 0 Å². The van der Waals surface area contributed by atoms with Crippen LogP contribution in [0.15, 0.2) is 46.9 Å². The molecule has 0 spiro atoms. The second-order valence-electron chi connectivity index (χ2n) is 5.77. The molecule has 0 fully saturated rings. The zero-order valence-corrected chi connectivity index (χ0v) is 14.5. The van der Waals surface area contributed by atoms with Gasteiger partial charge in [-0.3, -0.25) is 4.79 Å². The third-order valence-corrected chi connectivity index (χ3v) is 4.88. The third kappa shape index (κ3) is 3.41. The second-order valence-corrected chi connectivity index (χ2v) is 6.62. The summed E-state index contributed by atoms with van der Waals surface area (Å²) in [4.78, 5) is 14.4. The fourth-order valence-electron chi connectivity index (χ4n) is 2.84.